The van der Waals surface area contributed by atoms with E-state index in [1.54, 1.807) is 38.2 Å². The zero-order valence-electron chi connectivity index (χ0n) is 21.7. The molecule has 2 saturated heterocycles. The largest absolute Gasteiger partial charge is 0.341 e. The van der Waals surface area contributed by atoms with Crippen molar-refractivity contribution in [1.29, 1.82) is 0 Å². The molecule has 10 nitrogen and oxygen atoms in total. The van der Waals surface area contributed by atoms with Crippen molar-refractivity contribution in [3.8, 4) is 0 Å². The maximum absolute atomic E-state index is 14.1. The van der Waals surface area contributed by atoms with Gasteiger partial charge in [-0.05, 0) is 55.2 Å². The second-order valence-electron chi connectivity index (χ2n) is 10.3. The van der Waals surface area contributed by atoms with Gasteiger partial charge in [0.1, 0.15) is 23.2 Å². The van der Waals surface area contributed by atoms with E-state index in [9.17, 15) is 28.0 Å². The highest BCUT2D eigenvalue weighted by atomic mass is 19.1. The highest BCUT2D eigenvalue weighted by Crippen LogP contribution is 2.41. The molecule has 2 aliphatic heterocycles. The van der Waals surface area contributed by atoms with Crippen LogP contribution >= 0.6 is 0 Å². The second-order valence-corrected chi connectivity index (χ2v) is 10.3. The highest BCUT2D eigenvalue weighted by molar-refractivity contribution is 6.17. The quantitative estimate of drug-likeness (QED) is 0.484. The van der Waals surface area contributed by atoms with Crippen LogP contribution in [-0.2, 0) is 9.59 Å². The number of imide groups is 1. The number of aromatic amines is 1. The minimum absolute atomic E-state index is 0.156. The fourth-order valence-electron chi connectivity index (χ4n) is 5.39. The molecule has 2 aliphatic rings. The van der Waals surface area contributed by atoms with Gasteiger partial charge >= 0.3 is 6.03 Å². The fraction of sp³-hybridized carbons (Fsp3) is 0.370. The van der Waals surface area contributed by atoms with Gasteiger partial charge in [0.05, 0.1) is 17.3 Å². The number of benzene rings is 2. The number of amides is 5. The number of fused-ring (bicyclic) bond motifs is 1. The monoisotopic (exact) mass is 538 g/mol. The van der Waals surface area contributed by atoms with E-state index in [0.717, 1.165) is 34.0 Å². The molecule has 2 fully saturated rings. The summed E-state index contributed by atoms with van der Waals surface area (Å²) in [6.45, 7) is 3.78. The summed E-state index contributed by atoms with van der Waals surface area (Å²) in [5.74, 6) is -3.67. The molecule has 0 saturated carbocycles. The van der Waals surface area contributed by atoms with E-state index in [1.165, 1.54) is 16.8 Å². The molecule has 204 valence electrons. The van der Waals surface area contributed by atoms with Crippen LogP contribution < -0.4 is 10.2 Å². The van der Waals surface area contributed by atoms with Crippen molar-refractivity contribution >= 4 is 40.3 Å². The SMILES string of the molecule is CC(C)[C@@H](NC(=O)c1cc(F)ccc1F)C(=O)N1CCC2(CC1)C(=O)N(C)C(=O)N2c1ccc2[nH]ncc2c1. The number of piperidine rings is 1. The molecule has 5 amide bonds. The minimum atomic E-state index is -1.17. The summed E-state index contributed by atoms with van der Waals surface area (Å²) in [5, 5.41) is 10.2. The van der Waals surface area contributed by atoms with Gasteiger partial charge in [0, 0.05) is 31.2 Å². The lowest BCUT2D eigenvalue weighted by Crippen LogP contribution is -2.60. The normalized spacial score (nSPS) is 17.9. The zero-order valence-corrected chi connectivity index (χ0v) is 21.7. The number of hydrogen-bond donors (Lipinski definition) is 2. The number of hydrogen-bond acceptors (Lipinski definition) is 5. The van der Waals surface area contributed by atoms with E-state index in [1.807, 2.05) is 0 Å². The van der Waals surface area contributed by atoms with Gasteiger partial charge in [0.2, 0.25) is 5.91 Å². The first kappa shape index (κ1) is 26.3. The number of nitrogens with zero attached hydrogens (tertiary/aromatic N) is 4. The Labute approximate surface area is 222 Å². The van der Waals surface area contributed by atoms with Gasteiger partial charge < -0.3 is 10.2 Å². The van der Waals surface area contributed by atoms with Crippen molar-refractivity contribution in [2.75, 3.05) is 25.0 Å². The summed E-state index contributed by atoms with van der Waals surface area (Å²) in [5.41, 5.74) is -0.314. The third-order valence-corrected chi connectivity index (χ3v) is 7.59. The summed E-state index contributed by atoms with van der Waals surface area (Å²) in [6, 6.07) is 6.42. The molecule has 12 heteroatoms. The van der Waals surface area contributed by atoms with Gasteiger partial charge in [-0.25, -0.2) is 13.6 Å². The molecule has 0 radical (unpaired) electrons. The Balaban J connectivity index is 1.36. The van der Waals surface area contributed by atoms with Crippen LogP contribution in [0.1, 0.15) is 37.0 Å². The number of carbonyl (C=O) groups excluding carboxylic acids is 4. The van der Waals surface area contributed by atoms with Gasteiger partial charge in [-0.1, -0.05) is 13.8 Å². The van der Waals surface area contributed by atoms with Crippen LogP contribution in [0.5, 0.6) is 0 Å². The molecule has 2 N–H and O–H groups in total. The summed E-state index contributed by atoms with van der Waals surface area (Å²) in [7, 11) is 1.44. The molecule has 2 aromatic carbocycles. The Morgan fingerprint density at radius 1 is 1.08 bits per heavy atom. The molecule has 0 unspecified atom stereocenters. The van der Waals surface area contributed by atoms with Gasteiger partial charge in [0.25, 0.3) is 11.8 Å². The molecular formula is C27H28F2N6O4. The van der Waals surface area contributed by atoms with Gasteiger partial charge in [0.15, 0.2) is 0 Å². The predicted molar refractivity (Wildman–Crippen MR) is 138 cm³/mol. The van der Waals surface area contributed by atoms with Gasteiger partial charge in [-0.2, -0.15) is 5.10 Å². The smallest absolute Gasteiger partial charge is 0.331 e. The first-order valence-corrected chi connectivity index (χ1v) is 12.6. The van der Waals surface area contributed by atoms with Crippen LogP contribution in [0.2, 0.25) is 0 Å². The van der Waals surface area contributed by atoms with Crippen LogP contribution in [0.4, 0.5) is 19.3 Å². The summed E-state index contributed by atoms with van der Waals surface area (Å²) < 4.78 is 27.8. The third kappa shape index (κ3) is 4.39. The lowest BCUT2D eigenvalue weighted by Gasteiger charge is -2.43. The van der Waals surface area contributed by atoms with Crippen molar-refractivity contribution in [1.82, 2.24) is 25.3 Å². The summed E-state index contributed by atoms with van der Waals surface area (Å²) in [4.78, 5) is 56.9. The van der Waals surface area contributed by atoms with Crippen molar-refractivity contribution < 1.29 is 28.0 Å². The van der Waals surface area contributed by atoms with Gasteiger partial charge in [-0.15, -0.1) is 0 Å². The molecule has 1 aromatic heterocycles. The number of likely N-dealkylation sites (N-methyl/N-ethyl adjacent to an activating group) is 1. The number of aromatic nitrogens is 2. The first-order valence-electron chi connectivity index (χ1n) is 12.6. The van der Waals surface area contributed by atoms with Crippen molar-refractivity contribution in [2.45, 2.75) is 38.3 Å². The maximum Gasteiger partial charge on any atom is 0.331 e. The average molecular weight is 539 g/mol. The molecule has 5 rings (SSSR count). The minimum Gasteiger partial charge on any atom is -0.341 e. The molecule has 39 heavy (non-hydrogen) atoms. The molecular weight excluding hydrogens is 510 g/mol. The first-order chi connectivity index (χ1) is 18.5. The van der Waals surface area contributed by atoms with Crippen LogP contribution in [0.3, 0.4) is 0 Å². The molecule has 3 heterocycles. The lowest BCUT2D eigenvalue weighted by molar-refractivity contribution is -0.139. The van der Waals surface area contributed by atoms with Crippen molar-refractivity contribution in [2.24, 2.45) is 5.92 Å². The Hall–Kier alpha value is -4.35. The number of likely N-dealkylation sites (tertiary alicyclic amines) is 1. The lowest BCUT2D eigenvalue weighted by atomic mass is 9.85. The zero-order chi connectivity index (χ0) is 28.1. The third-order valence-electron chi connectivity index (χ3n) is 7.59. The number of nitrogens with one attached hydrogen (secondary N) is 2. The molecule has 3 aromatic rings. The van der Waals surface area contributed by atoms with E-state index < -0.39 is 46.6 Å². The van der Waals surface area contributed by atoms with Crippen LogP contribution in [0.25, 0.3) is 10.9 Å². The van der Waals surface area contributed by atoms with E-state index in [0.29, 0.717) is 5.69 Å². The Kier molecular flexibility index (Phi) is 6.57. The number of anilines is 1. The Morgan fingerprint density at radius 2 is 1.79 bits per heavy atom. The van der Waals surface area contributed by atoms with E-state index in [-0.39, 0.29) is 37.8 Å². The molecule has 1 atom stereocenters. The molecule has 1 spiro atoms. The van der Waals surface area contributed by atoms with Crippen LogP contribution in [0, 0.1) is 17.6 Å². The van der Waals surface area contributed by atoms with Crippen molar-refractivity contribution in [3.05, 3.63) is 59.8 Å². The van der Waals surface area contributed by atoms with Crippen LogP contribution in [0.15, 0.2) is 42.6 Å². The average Bonchev–Trinajstić information content (AvgIpc) is 3.45. The number of urea groups is 1. The molecule has 0 aliphatic carbocycles. The number of rotatable bonds is 5. The van der Waals surface area contributed by atoms with Crippen molar-refractivity contribution in [3.63, 3.8) is 0 Å². The number of halogens is 2. The predicted octanol–water partition coefficient (Wildman–Crippen LogP) is 3.06. The van der Waals surface area contributed by atoms with E-state index in [2.05, 4.69) is 15.5 Å². The van der Waals surface area contributed by atoms with Crippen LogP contribution in [-0.4, -0.2) is 75.5 Å². The number of H-pyrrole nitrogens is 1. The summed E-state index contributed by atoms with van der Waals surface area (Å²) >= 11 is 0. The highest BCUT2D eigenvalue weighted by Gasteiger charge is 2.58. The standard InChI is InChI=1S/C27H28F2N6O4/c1-15(2)22(31-23(36)19-13-17(28)4-6-20(19)29)24(37)34-10-8-27(9-11-34)25(38)33(3)26(39)35(27)18-5-7-21-16(12-18)14-30-32-21/h4-7,12-15,22H,8-11H2,1-3H3,(H,30,32)(H,31,36)/t22-/m1/s1. The fourth-order valence-corrected chi connectivity index (χ4v) is 5.39. The Bertz CT molecular complexity index is 1480. The molecule has 0 bridgehead atoms. The topological polar surface area (TPSA) is 119 Å². The maximum atomic E-state index is 14.1. The Morgan fingerprint density at radius 3 is 2.49 bits per heavy atom. The van der Waals surface area contributed by atoms with Gasteiger partial charge in [-0.3, -0.25) is 29.3 Å². The summed E-state index contributed by atoms with van der Waals surface area (Å²) in [6.07, 6.45) is 2.01. The second kappa shape index (κ2) is 9.75. The van der Waals surface area contributed by atoms with E-state index in [4.69, 9.17) is 0 Å². The van der Waals surface area contributed by atoms with E-state index >= 15 is 0 Å². The number of carbonyl (C=O) groups is 4.